The first kappa shape index (κ1) is 14.4. The number of thioether (sulfide) groups is 1. The SMILES string of the molecule is c1ccc(-c2nc(CSc3ccnc4ccccc34)cs2)cc1. The van der Waals surface area contributed by atoms with Crippen molar-refractivity contribution in [2.75, 3.05) is 0 Å². The Morgan fingerprint density at radius 1 is 0.913 bits per heavy atom. The molecule has 0 unspecified atom stereocenters. The van der Waals surface area contributed by atoms with E-state index < -0.39 is 0 Å². The molecule has 0 aliphatic carbocycles. The van der Waals surface area contributed by atoms with Gasteiger partial charge in [0.05, 0.1) is 11.2 Å². The predicted molar refractivity (Wildman–Crippen MR) is 98.9 cm³/mol. The molecule has 0 spiro atoms. The number of nitrogens with zero attached hydrogens (tertiary/aromatic N) is 2. The van der Waals surface area contributed by atoms with E-state index in [-0.39, 0.29) is 0 Å². The van der Waals surface area contributed by atoms with E-state index in [1.807, 2.05) is 42.2 Å². The van der Waals surface area contributed by atoms with Crippen molar-refractivity contribution in [3.05, 3.63) is 77.9 Å². The molecule has 0 saturated carbocycles. The lowest BCUT2D eigenvalue weighted by molar-refractivity contribution is 1.23. The van der Waals surface area contributed by atoms with Crippen LogP contribution < -0.4 is 0 Å². The van der Waals surface area contributed by atoms with Crippen molar-refractivity contribution in [1.82, 2.24) is 9.97 Å². The van der Waals surface area contributed by atoms with E-state index in [0.29, 0.717) is 0 Å². The van der Waals surface area contributed by atoms with Crippen LogP contribution in [0, 0.1) is 0 Å². The molecule has 0 atom stereocenters. The second-order valence-corrected chi connectivity index (χ2v) is 7.00. The highest BCUT2D eigenvalue weighted by molar-refractivity contribution is 7.98. The molecule has 2 aromatic heterocycles. The predicted octanol–water partition coefficient (Wildman–Crippen LogP) is 5.65. The Hall–Kier alpha value is -2.17. The summed E-state index contributed by atoms with van der Waals surface area (Å²) in [5, 5.41) is 4.44. The molecule has 0 saturated heterocycles. The van der Waals surface area contributed by atoms with Crippen LogP contribution in [0.25, 0.3) is 21.5 Å². The standard InChI is InChI=1S/C19H14N2S2/c1-2-6-14(7-3-1)19-21-15(13-23-19)12-22-18-10-11-20-17-9-5-4-8-16(17)18/h1-11,13H,12H2. The molecule has 4 aromatic rings. The number of fused-ring (bicyclic) bond motifs is 1. The van der Waals surface area contributed by atoms with Crippen LogP contribution in [0.1, 0.15) is 5.69 Å². The topological polar surface area (TPSA) is 25.8 Å². The fourth-order valence-corrected chi connectivity index (χ4v) is 4.30. The lowest BCUT2D eigenvalue weighted by Crippen LogP contribution is -1.84. The fourth-order valence-electron chi connectivity index (χ4n) is 2.43. The molecule has 0 amide bonds. The highest BCUT2D eigenvalue weighted by atomic mass is 32.2. The van der Waals surface area contributed by atoms with Crippen LogP contribution in [0.2, 0.25) is 0 Å². The van der Waals surface area contributed by atoms with Gasteiger partial charge in [0, 0.05) is 33.2 Å². The maximum atomic E-state index is 4.76. The molecule has 0 fully saturated rings. The number of para-hydroxylation sites is 1. The van der Waals surface area contributed by atoms with Crippen LogP contribution in [0.5, 0.6) is 0 Å². The summed E-state index contributed by atoms with van der Waals surface area (Å²) in [5.74, 6) is 0.872. The van der Waals surface area contributed by atoms with Gasteiger partial charge in [-0.25, -0.2) is 4.98 Å². The molecule has 112 valence electrons. The van der Waals surface area contributed by atoms with Gasteiger partial charge in [0.1, 0.15) is 5.01 Å². The number of rotatable bonds is 4. The van der Waals surface area contributed by atoms with Gasteiger partial charge in [0.15, 0.2) is 0 Å². The molecule has 23 heavy (non-hydrogen) atoms. The number of hydrogen-bond donors (Lipinski definition) is 0. The zero-order valence-electron chi connectivity index (χ0n) is 12.3. The third-order valence-corrected chi connectivity index (χ3v) is 5.60. The second kappa shape index (κ2) is 6.52. The Bertz CT molecular complexity index is 927. The molecule has 4 heteroatoms. The van der Waals surface area contributed by atoms with E-state index in [4.69, 9.17) is 4.98 Å². The minimum absolute atomic E-state index is 0.872. The van der Waals surface area contributed by atoms with E-state index >= 15 is 0 Å². The quantitative estimate of drug-likeness (QED) is 0.451. The van der Waals surface area contributed by atoms with Gasteiger partial charge in [-0.05, 0) is 12.1 Å². The number of hydrogen-bond acceptors (Lipinski definition) is 4. The number of pyridine rings is 1. The largest absolute Gasteiger partial charge is 0.256 e. The summed E-state index contributed by atoms with van der Waals surface area (Å²) in [6.07, 6.45) is 1.88. The van der Waals surface area contributed by atoms with Crippen LogP contribution in [0.15, 0.2) is 77.1 Å². The van der Waals surface area contributed by atoms with Gasteiger partial charge >= 0.3 is 0 Å². The second-order valence-electron chi connectivity index (χ2n) is 5.12. The molecule has 0 aliphatic rings. The monoisotopic (exact) mass is 334 g/mol. The van der Waals surface area contributed by atoms with Gasteiger partial charge in [-0.1, -0.05) is 48.5 Å². The number of thiazole rings is 1. The van der Waals surface area contributed by atoms with Crippen molar-refractivity contribution in [2.24, 2.45) is 0 Å². The maximum absolute atomic E-state index is 4.76. The Morgan fingerprint density at radius 3 is 2.65 bits per heavy atom. The summed E-state index contributed by atoms with van der Waals surface area (Å²) in [6, 6.07) is 20.7. The van der Waals surface area contributed by atoms with E-state index in [0.717, 1.165) is 22.0 Å². The fraction of sp³-hybridized carbons (Fsp3) is 0.0526. The minimum Gasteiger partial charge on any atom is -0.256 e. The summed E-state index contributed by atoms with van der Waals surface area (Å²) in [5.41, 5.74) is 3.35. The maximum Gasteiger partial charge on any atom is 0.123 e. The van der Waals surface area contributed by atoms with Gasteiger partial charge in [-0.15, -0.1) is 23.1 Å². The summed E-state index contributed by atoms with van der Waals surface area (Å²) >= 11 is 3.52. The van der Waals surface area contributed by atoms with Gasteiger partial charge in [-0.3, -0.25) is 4.98 Å². The van der Waals surface area contributed by atoms with Gasteiger partial charge in [-0.2, -0.15) is 0 Å². The Kier molecular flexibility index (Phi) is 4.09. The van der Waals surface area contributed by atoms with Crippen molar-refractivity contribution >= 4 is 34.0 Å². The highest BCUT2D eigenvalue weighted by Gasteiger charge is 2.07. The highest BCUT2D eigenvalue weighted by Crippen LogP contribution is 2.31. The normalized spacial score (nSPS) is 11.0. The van der Waals surface area contributed by atoms with Crippen LogP contribution in [0.3, 0.4) is 0 Å². The third-order valence-electron chi connectivity index (χ3n) is 3.56. The summed E-state index contributed by atoms with van der Waals surface area (Å²) < 4.78 is 0. The van der Waals surface area contributed by atoms with Crippen molar-refractivity contribution in [2.45, 2.75) is 10.6 Å². The van der Waals surface area contributed by atoms with Crippen LogP contribution in [-0.2, 0) is 5.75 Å². The summed E-state index contributed by atoms with van der Waals surface area (Å²) in [7, 11) is 0. The van der Waals surface area contributed by atoms with Gasteiger partial charge in [0.2, 0.25) is 0 Å². The van der Waals surface area contributed by atoms with E-state index in [2.05, 4.69) is 46.8 Å². The molecular weight excluding hydrogens is 320 g/mol. The Morgan fingerprint density at radius 2 is 1.74 bits per heavy atom. The molecule has 2 nitrogen and oxygen atoms in total. The van der Waals surface area contributed by atoms with Crippen molar-refractivity contribution in [3.8, 4) is 10.6 Å². The molecule has 0 aliphatic heterocycles. The average Bonchev–Trinajstić information content (AvgIpc) is 3.10. The zero-order valence-corrected chi connectivity index (χ0v) is 14.0. The number of benzene rings is 2. The average molecular weight is 334 g/mol. The van der Waals surface area contributed by atoms with Crippen LogP contribution in [0.4, 0.5) is 0 Å². The number of aromatic nitrogens is 2. The first-order valence-electron chi connectivity index (χ1n) is 7.36. The van der Waals surface area contributed by atoms with Crippen LogP contribution in [-0.4, -0.2) is 9.97 Å². The van der Waals surface area contributed by atoms with E-state index in [1.54, 1.807) is 11.3 Å². The lowest BCUT2D eigenvalue weighted by Gasteiger charge is -2.04. The molecule has 0 radical (unpaired) electrons. The zero-order chi connectivity index (χ0) is 15.5. The van der Waals surface area contributed by atoms with Gasteiger partial charge in [0.25, 0.3) is 0 Å². The first-order valence-corrected chi connectivity index (χ1v) is 9.23. The summed E-state index contributed by atoms with van der Waals surface area (Å²) in [4.78, 5) is 10.4. The van der Waals surface area contributed by atoms with Crippen molar-refractivity contribution in [3.63, 3.8) is 0 Å². The lowest BCUT2D eigenvalue weighted by atomic mass is 10.2. The van der Waals surface area contributed by atoms with Crippen molar-refractivity contribution in [1.29, 1.82) is 0 Å². The molecule has 4 rings (SSSR count). The van der Waals surface area contributed by atoms with Gasteiger partial charge < -0.3 is 0 Å². The Balaban J connectivity index is 1.54. The first-order chi connectivity index (χ1) is 11.4. The molecule has 2 aromatic carbocycles. The Labute approximate surface area is 143 Å². The molecular formula is C19H14N2S2. The van der Waals surface area contributed by atoms with E-state index in [9.17, 15) is 0 Å². The third kappa shape index (κ3) is 3.14. The summed E-state index contributed by atoms with van der Waals surface area (Å²) in [6.45, 7) is 0. The smallest absolute Gasteiger partial charge is 0.123 e. The molecule has 0 N–H and O–H groups in total. The minimum atomic E-state index is 0.872. The molecule has 0 bridgehead atoms. The molecule has 2 heterocycles. The van der Waals surface area contributed by atoms with Crippen LogP contribution >= 0.6 is 23.1 Å². The van der Waals surface area contributed by atoms with E-state index in [1.165, 1.54) is 15.8 Å². The van der Waals surface area contributed by atoms with Crippen molar-refractivity contribution < 1.29 is 0 Å².